The number of hydrogen-bond donors (Lipinski definition) is 5. The van der Waals surface area contributed by atoms with Crippen LogP contribution in [0.25, 0.3) is 0 Å². The lowest BCUT2D eigenvalue weighted by molar-refractivity contribution is -0.0330. The van der Waals surface area contributed by atoms with Gasteiger partial charge in [0, 0.05) is 115 Å². The lowest BCUT2D eigenvalue weighted by Gasteiger charge is -2.38. The zero-order chi connectivity index (χ0) is 53.1. The number of aromatic nitrogens is 6. The van der Waals surface area contributed by atoms with Crippen LogP contribution in [0.4, 0.5) is 21.0 Å². The summed E-state index contributed by atoms with van der Waals surface area (Å²) in [6.45, 7) is 15.9. The van der Waals surface area contributed by atoms with Crippen molar-refractivity contribution in [2.24, 2.45) is 11.8 Å². The molecule has 24 heteroatoms. The largest absolute Gasteiger partial charge is 0.493 e. The Labute approximate surface area is 447 Å². The lowest BCUT2D eigenvalue weighted by Crippen LogP contribution is -2.50. The molecule has 4 aliphatic rings. The second-order valence-electron chi connectivity index (χ2n) is 18.6. The van der Waals surface area contributed by atoms with Gasteiger partial charge in [0.1, 0.15) is 30.5 Å². The van der Waals surface area contributed by atoms with Gasteiger partial charge in [0.25, 0.3) is 11.8 Å². The van der Waals surface area contributed by atoms with E-state index in [1.165, 1.54) is 45.3 Å². The number of carbonyl (C=O) groups excluding carboxylic acids is 4. The Morgan fingerprint density at radius 2 is 1.07 bits per heavy atom. The van der Waals surface area contributed by atoms with E-state index in [2.05, 4.69) is 40.7 Å². The van der Waals surface area contributed by atoms with Crippen LogP contribution in [0.15, 0.2) is 80.4 Å². The minimum Gasteiger partial charge on any atom is -0.493 e. The maximum absolute atomic E-state index is 12.8. The molecule has 3 amide bonds. The summed E-state index contributed by atoms with van der Waals surface area (Å²) in [5.41, 5.74) is 13.2. The fourth-order valence-electron chi connectivity index (χ4n) is 9.30. The number of anilines is 2. The molecule has 0 aliphatic carbocycles. The van der Waals surface area contributed by atoms with Crippen LogP contribution >= 0.6 is 23.2 Å². The van der Waals surface area contributed by atoms with Crippen molar-refractivity contribution in [2.45, 2.75) is 51.7 Å². The van der Waals surface area contributed by atoms with Gasteiger partial charge in [-0.25, -0.2) is 24.5 Å². The Kier molecular flexibility index (Phi) is 21.5. The van der Waals surface area contributed by atoms with Crippen LogP contribution in [0.3, 0.4) is 0 Å². The number of imidazole rings is 3. The Hall–Kier alpha value is -6.27. The highest BCUT2D eigenvalue weighted by Crippen LogP contribution is 2.31. The van der Waals surface area contributed by atoms with Crippen LogP contribution in [0, 0.1) is 11.8 Å². The zero-order valence-electron chi connectivity index (χ0n) is 42.7. The summed E-state index contributed by atoms with van der Waals surface area (Å²) in [7, 11) is 0. The average molecular weight is 1080 g/mol. The highest BCUT2D eigenvalue weighted by Gasteiger charge is 2.29. The number of amides is 3. The van der Waals surface area contributed by atoms with Gasteiger partial charge in [0.15, 0.2) is 0 Å². The van der Waals surface area contributed by atoms with Crippen molar-refractivity contribution < 1.29 is 38.1 Å². The third-order valence-corrected chi connectivity index (χ3v) is 13.9. The number of rotatable bonds is 14. The molecule has 3 aromatic heterocycles. The van der Waals surface area contributed by atoms with Gasteiger partial charge >= 0.3 is 12.1 Å². The first-order valence-corrected chi connectivity index (χ1v) is 26.3. The normalized spacial score (nSPS) is 18.7. The SMILES string of the molecule is CCOc1cc(N)c(Cl)cc1C(=O)NCC1CN(CC2CCN(C(=O)n3ccnc3)CC2)CCO1.CCOc1cc(N)c(Cl)cc1C(=O)NCC1CN(CC2CCNCC2)CCO1.O=C(n1ccnc1)n1ccnc1. The third-order valence-electron chi connectivity index (χ3n) is 13.3. The van der Waals surface area contributed by atoms with Crippen molar-refractivity contribution in [3.05, 3.63) is 102 Å². The van der Waals surface area contributed by atoms with Gasteiger partial charge in [0.05, 0.1) is 71.2 Å². The van der Waals surface area contributed by atoms with E-state index in [1.807, 2.05) is 18.7 Å². The van der Waals surface area contributed by atoms with Gasteiger partial charge in [-0.1, -0.05) is 23.2 Å². The molecule has 7 N–H and O–H groups in total. The number of nitrogen functional groups attached to an aromatic ring is 2. The quantitative estimate of drug-likeness (QED) is 0.0947. The molecule has 9 rings (SSSR count). The molecule has 2 atom stereocenters. The first-order chi connectivity index (χ1) is 36.4. The van der Waals surface area contributed by atoms with Crippen molar-refractivity contribution in [3.8, 4) is 11.5 Å². The number of halogens is 2. The van der Waals surface area contributed by atoms with E-state index in [0.29, 0.717) is 89.5 Å². The molecule has 4 saturated heterocycles. The molecular formula is C51H70Cl2N14O8. The van der Waals surface area contributed by atoms with Gasteiger partial charge in [-0.3, -0.25) is 33.1 Å². The van der Waals surface area contributed by atoms with E-state index in [0.717, 1.165) is 84.2 Å². The first-order valence-electron chi connectivity index (χ1n) is 25.5. The zero-order valence-corrected chi connectivity index (χ0v) is 44.2. The van der Waals surface area contributed by atoms with E-state index in [4.69, 9.17) is 53.6 Å². The topological polar surface area (TPSA) is 257 Å². The van der Waals surface area contributed by atoms with Gasteiger partial charge in [0.2, 0.25) is 0 Å². The Balaban J connectivity index is 0.000000182. The van der Waals surface area contributed by atoms with Gasteiger partial charge < -0.3 is 51.3 Å². The number of likely N-dealkylation sites (tertiary alicyclic amines) is 1. The summed E-state index contributed by atoms with van der Waals surface area (Å²) in [6, 6.07) is 6.06. The Morgan fingerprint density at radius 1 is 0.640 bits per heavy atom. The van der Waals surface area contributed by atoms with E-state index in [9.17, 15) is 19.2 Å². The molecule has 5 aromatic rings. The second-order valence-corrected chi connectivity index (χ2v) is 19.4. The summed E-state index contributed by atoms with van der Waals surface area (Å²) in [4.78, 5) is 67.6. The van der Waals surface area contributed by atoms with Gasteiger partial charge in [-0.2, -0.15) is 0 Å². The highest BCUT2D eigenvalue weighted by molar-refractivity contribution is 6.34. The van der Waals surface area contributed by atoms with Gasteiger partial charge in [-0.15, -0.1) is 0 Å². The average Bonchev–Trinajstić information content (AvgIpc) is 4.27. The third kappa shape index (κ3) is 16.6. The molecule has 0 radical (unpaired) electrons. The van der Waals surface area contributed by atoms with Crippen LogP contribution in [-0.4, -0.2) is 184 Å². The lowest BCUT2D eigenvalue weighted by atomic mass is 9.96. The van der Waals surface area contributed by atoms with Crippen LogP contribution in [0.5, 0.6) is 11.5 Å². The van der Waals surface area contributed by atoms with Crippen LogP contribution < -0.4 is 36.9 Å². The van der Waals surface area contributed by atoms with E-state index in [1.54, 1.807) is 61.7 Å². The van der Waals surface area contributed by atoms with E-state index >= 15 is 0 Å². The van der Waals surface area contributed by atoms with Crippen molar-refractivity contribution in [1.29, 1.82) is 0 Å². The van der Waals surface area contributed by atoms with Crippen LogP contribution in [0.1, 0.15) is 60.2 Å². The molecule has 2 aromatic carbocycles. The fourth-order valence-corrected chi connectivity index (χ4v) is 9.63. The summed E-state index contributed by atoms with van der Waals surface area (Å²) < 4.78 is 27.1. The van der Waals surface area contributed by atoms with Gasteiger partial charge in [-0.05, 0) is 76.6 Å². The minimum absolute atomic E-state index is 0.0146. The van der Waals surface area contributed by atoms with E-state index < -0.39 is 0 Å². The predicted molar refractivity (Wildman–Crippen MR) is 285 cm³/mol. The summed E-state index contributed by atoms with van der Waals surface area (Å²) >= 11 is 12.2. The van der Waals surface area contributed by atoms with Crippen molar-refractivity contribution in [3.63, 3.8) is 0 Å². The fraction of sp³-hybridized carbons (Fsp3) is 0.510. The molecule has 0 bridgehead atoms. The molecule has 0 saturated carbocycles. The number of morpholine rings is 2. The molecule has 4 fully saturated rings. The maximum atomic E-state index is 12.8. The molecule has 2 unspecified atom stereocenters. The molecule has 0 spiro atoms. The molecule has 406 valence electrons. The molecule has 4 aliphatic heterocycles. The number of piperidine rings is 2. The van der Waals surface area contributed by atoms with E-state index in [-0.39, 0.29) is 36.1 Å². The minimum atomic E-state index is -0.272. The van der Waals surface area contributed by atoms with Crippen molar-refractivity contribution >= 4 is 58.5 Å². The summed E-state index contributed by atoms with van der Waals surface area (Å²) in [6.07, 6.45) is 18.3. The first kappa shape index (κ1) is 56.5. The second kappa shape index (κ2) is 28.6. The number of hydrogen-bond acceptors (Lipinski definition) is 16. The standard InChI is InChI=1S/C24H33ClN6O4.C20H31ClN4O3.C7H6N4O/c1-2-34-22-12-21(26)20(25)11-19(22)23(32)28-13-18-15-29(9-10-35-18)14-17-3-6-30(7-4-17)24(33)31-8-5-27-16-31;1-2-27-19-10-18(22)17(21)9-16(19)20(26)24-11-15-13-25(7-8-28-15)12-14-3-5-23-6-4-14;12-7(10-3-1-8-5-10)11-4-2-9-6-11/h5,8,11-12,16-18H,2-4,6-7,9-10,13-15,26H2,1H3,(H,28,32);9-10,14-15,23H,2-8,11-13,22H2,1H3,(H,24,26);1-6H. The number of ether oxygens (including phenoxy) is 4. The number of carbonyl (C=O) groups is 4. The number of nitrogens with two attached hydrogens (primary N) is 2. The predicted octanol–water partition coefficient (Wildman–Crippen LogP) is 4.68. The highest BCUT2D eigenvalue weighted by atomic mass is 35.5. The molecule has 22 nitrogen and oxygen atoms in total. The molecule has 75 heavy (non-hydrogen) atoms. The summed E-state index contributed by atoms with van der Waals surface area (Å²) in [5, 5.41) is 9.98. The van der Waals surface area contributed by atoms with Crippen LogP contribution in [-0.2, 0) is 9.47 Å². The number of nitrogens with zero attached hydrogens (tertiary/aromatic N) is 9. The summed E-state index contributed by atoms with van der Waals surface area (Å²) in [5.74, 6) is 1.63. The Bertz CT molecular complexity index is 2540. The number of benzene rings is 2. The smallest absolute Gasteiger partial charge is 0.338 e. The van der Waals surface area contributed by atoms with Crippen LogP contribution in [0.2, 0.25) is 10.0 Å². The maximum Gasteiger partial charge on any atom is 0.338 e. The number of nitrogens with one attached hydrogen (secondary N) is 3. The molecule has 7 heterocycles. The monoisotopic (exact) mass is 1080 g/mol. The Morgan fingerprint density at radius 3 is 1.48 bits per heavy atom. The molecular weight excluding hydrogens is 1010 g/mol. The van der Waals surface area contributed by atoms with Crippen molar-refractivity contribution in [2.75, 3.05) is 116 Å². The van der Waals surface area contributed by atoms with Crippen molar-refractivity contribution in [1.82, 2.24) is 59.3 Å².